The average Bonchev–Trinajstić information content (AvgIpc) is 0.716. The predicted octanol–water partition coefficient (Wildman–Crippen LogP) is 20.3. The Kier molecular flexibility index (Phi) is 31.3. The highest BCUT2D eigenvalue weighted by atomic mass is 127. The zero-order chi connectivity index (χ0) is 76.5. The molecule has 0 aromatic heterocycles. The van der Waals surface area contributed by atoms with Crippen LogP contribution in [-0.2, 0) is 38.5 Å². The number of benzene rings is 7. The van der Waals surface area contributed by atoms with Crippen molar-refractivity contribution in [1.82, 2.24) is 0 Å². The van der Waals surface area contributed by atoms with Crippen molar-refractivity contribution < 1.29 is 106 Å². The number of methoxy groups -OCH3 is 2. The van der Waals surface area contributed by atoms with Crippen LogP contribution in [0.3, 0.4) is 0 Å². The zero-order valence-corrected chi connectivity index (χ0v) is 67.2. The van der Waals surface area contributed by atoms with Crippen molar-refractivity contribution in [2.75, 3.05) is 14.2 Å². The number of ketones is 1. The number of carboxylic acids is 1. The molecule has 11 nitrogen and oxygen atoms in total. The minimum Gasteiger partial charge on any atom is -0.508 e. The number of halogens is 18. The summed E-state index contributed by atoms with van der Waals surface area (Å²) >= 11 is 16.2. The van der Waals surface area contributed by atoms with Gasteiger partial charge in [-0.2, -0.15) is 0 Å². The average molecular weight is 1880 g/mol. The molecular weight excluding hydrogens is 1820 g/mol. The van der Waals surface area contributed by atoms with Gasteiger partial charge >= 0.3 is 17.9 Å². The molecule has 1 aliphatic heterocycles. The maximum atomic E-state index is 15.2. The van der Waals surface area contributed by atoms with E-state index in [1.807, 2.05) is 0 Å². The van der Waals surface area contributed by atoms with Crippen molar-refractivity contribution in [2.24, 2.45) is 0 Å². The zero-order valence-electron chi connectivity index (χ0n) is 55.1. The number of carbonyl (C=O) groups excluding carboxylic acids is 3. The van der Waals surface area contributed by atoms with Gasteiger partial charge in [-0.05, 0) is 258 Å². The molecule has 0 bridgehead atoms. The van der Waals surface area contributed by atoms with Crippen LogP contribution in [-0.4, -0.2) is 74.7 Å². The molecule has 0 saturated carbocycles. The second-order valence-electron chi connectivity index (χ2n) is 23.8. The third-order valence-corrected chi connectivity index (χ3v) is 29.6. The summed E-state index contributed by atoms with van der Waals surface area (Å²) in [5, 5.41) is 38.2. The van der Waals surface area contributed by atoms with E-state index in [4.69, 9.17) is 14.6 Å². The summed E-state index contributed by atoms with van der Waals surface area (Å²) in [6.45, 7) is 20.3. The monoisotopic (exact) mass is 1870 g/mol. The predicted molar refractivity (Wildman–Crippen MR) is 385 cm³/mol. The van der Waals surface area contributed by atoms with E-state index in [2.05, 4.69) is 136 Å². The maximum absolute atomic E-state index is 15.2. The minimum absolute atomic E-state index is 0.00301. The second-order valence-corrected chi connectivity index (χ2v) is 38.1. The lowest BCUT2D eigenvalue weighted by Crippen LogP contribution is -2.49. The SMILES string of the molecule is COC(=O)c1cc(C)c(Br)c(F)c1F.COC(=O)c1cc(I)c(Br)c(F)c1F.Cc1cc(CO)c(F)c(F)c1Br.Cc1cc(CO)c(F)c(F)c1C1=C2C=CC(=O)C=C2[Si](C)(C)c2cc(O)ccc21.Cc1cc(CO[Si](C)(C)C(C)(C)C)c(F)c(F)c1Br.O=C(O)c1ccc(Br)c(F)c1F. The van der Waals surface area contributed by atoms with Gasteiger partial charge in [0.25, 0.3) is 0 Å². The number of carboxylic acid groups (broad SMARTS) is 1. The second kappa shape index (κ2) is 36.1. The van der Waals surface area contributed by atoms with Gasteiger partial charge in [0.05, 0.1) is 73.1 Å². The van der Waals surface area contributed by atoms with Gasteiger partial charge < -0.3 is 34.3 Å². The number of rotatable bonds is 9. The fraction of sp³-hybridized carbons (Fsp3) is 0.246. The van der Waals surface area contributed by atoms with E-state index < -0.39 is 134 Å². The first-order valence-electron chi connectivity index (χ1n) is 28.8. The number of aliphatic hydroxyl groups excluding tert-OH is 2. The summed E-state index contributed by atoms with van der Waals surface area (Å²) in [7, 11) is -2.12. The number of esters is 2. The van der Waals surface area contributed by atoms with Crippen LogP contribution >= 0.6 is 102 Å². The van der Waals surface area contributed by atoms with Gasteiger partial charge in [0.2, 0.25) is 0 Å². The Morgan fingerprint density at radius 2 is 0.980 bits per heavy atom. The van der Waals surface area contributed by atoms with Crippen LogP contribution in [0.25, 0.3) is 5.57 Å². The summed E-state index contributed by atoms with van der Waals surface area (Å²) in [6.07, 6.45) is 4.68. The van der Waals surface area contributed by atoms with Crippen LogP contribution in [0.5, 0.6) is 5.75 Å². The summed E-state index contributed by atoms with van der Waals surface area (Å²) in [4.78, 5) is 44.4. The third-order valence-electron chi connectivity index (χ3n) is 15.7. The number of fused-ring (bicyclic) bond motifs is 2. The number of hydrogen-bond acceptors (Lipinski definition) is 10. The number of carbonyl (C=O) groups is 4. The van der Waals surface area contributed by atoms with E-state index in [9.17, 15) is 77.7 Å². The molecule has 7 aromatic rings. The fourth-order valence-corrected chi connectivity index (χ4v) is 15.2. The third kappa shape index (κ3) is 19.9. The van der Waals surface area contributed by atoms with Crippen LogP contribution < -0.4 is 5.19 Å². The Morgan fingerprint density at radius 1 is 0.550 bits per heavy atom. The van der Waals surface area contributed by atoms with Gasteiger partial charge in [-0.1, -0.05) is 52.1 Å². The lowest BCUT2D eigenvalue weighted by atomic mass is 9.86. The van der Waals surface area contributed by atoms with E-state index in [1.54, 1.807) is 80.6 Å². The quantitative estimate of drug-likeness (QED) is 0.0270. The number of phenols is 1. The van der Waals surface area contributed by atoms with Gasteiger partial charge in [-0.25, -0.2) is 67.1 Å². The number of aromatic carboxylic acids is 1. The standard InChI is InChI=1S/C23H20F2O3Si.C14H21BrF2OSi.C9H7BrF2O2.C8H4BrF2IO2.C8H7BrF2O.C7H3BrF2O2/c1-12-8-13(11-26)22(24)23(25)20(12)21-16-6-4-14(27)9-18(16)29(2,3)19-10-15(28)5-7-17(19)21;1-9-7-10(12(16)13(17)11(9)15)8-18-19(5,6)14(2,3)4;1-4-3-5(9(13)14-2)7(11)8(12)6(4)10;1-14-8(13)3-2-4(12)5(9)7(11)6(3)10;1-4-2-5(3-12)7(10)8(11)6(4)9;8-4-2-1-3(7(11)12)5(9)6(4)10/h4-10,26-27H,11H2,1-3H3;7H,8H2,1-6H3;3H,1-2H3;2H,1H3;2,12H,3H2,1H3;1-2H,(H,11,12). The van der Waals surface area contributed by atoms with Crippen molar-refractivity contribution >= 4 is 153 Å². The van der Waals surface area contributed by atoms with E-state index >= 15 is 4.39 Å². The largest absolute Gasteiger partial charge is 0.508 e. The van der Waals surface area contributed by atoms with E-state index in [0.29, 0.717) is 37.0 Å². The Morgan fingerprint density at radius 3 is 1.46 bits per heavy atom. The summed E-state index contributed by atoms with van der Waals surface area (Å²) in [5.41, 5.74) is 2.89. The Bertz CT molecular complexity index is 4400. The Hall–Kier alpha value is -5.76. The topological polar surface area (TPSA) is 177 Å². The lowest BCUT2D eigenvalue weighted by Gasteiger charge is -2.37. The molecule has 1 aliphatic carbocycles. The summed E-state index contributed by atoms with van der Waals surface area (Å²) < 4.78 is 176. The number of phenolic OH excluding ortho intramolecular Hbond substituents is 1. The first-order valence-corrected chi connectivity index (χ1v) is 39.8. The van der Waals surface area contributed by atoms with Gasteiger partial charge in [-0.3, -0.25) is 4.79 Å². The molecule has 1 heterocycles. The molecule has 100 heavy (non-hydrogen) atoms. The van der Waals surface area contributed by atoms with Crippen molar-refractivity contribution in [3.8, 4) is 5.75 Å². The number of ether oxygens (including phenoxy) is 2. The number of allylic oxidation sites excluding steroid dienone is 5. The van der Waals surface area contributed by atoms with Crippen molar-refractivity contribution in [1.29, 1.82) is 0 Å². The molecule has 0 unspecified atom stereocenters. The molecule has 538 valence electrons. The number of aliphatic hydroxyl groups is 2. The first-order chi connectivity index (χ1) is 46.2. The normalized spacial score (nSPS) is 12.7. The van der Waals surface area contributed by atoms with Crippen LogP contribution in [0, 0.1) is 101 Å². The van der Waals surface area contributed by atoms with E-state index in [-0.39, 0.29) is 67.8 Å². The summed E-state index contributed by atoms with van der Waals surface area (Å²) in [5.74, 6) is -16.1. The van der Waals surface area contributed by atoms with Gasteiger partial charge in [0.15, 0.2) is 83.9 Å². The Labute approximate surface area is 625 Å². The highest BCUT2D eigenvalue weighted by Crippen LogP contribution is 2.44. The highest BCUT2D eigenvalue weighted by Gasteiger charge is 2.42. The number of aryl methyl sites for hydroxylation is 4. The molecule has 0 atom stereocenters. The molecule has 9 rings (SSSR count). The van der Waals surface area contributed by atoms with Gasteiger partial charge in [-0.15, -0.1) is 0 Å². The first kappa shape index (κ1) is 86.7. The molecular formula is C69H62Br5F12IO11Si2. The lowest BCUT2D eigenvalue weighted by molar-refractivity contribution is -0.110. The Balaban J connectivity index is 0.000000264. The maximum Gasteiger partial charge on any atom is 0.340 e. The van der Waals surface area contributed by atoms with Crippen molar-refractivity contribution in [3.05, 3.63) is 252 Å². The molecule has 4 N–H and O–H groups in total. The molecule has 0 spiro atoms. The van der Waals surface area contributed by atoms with Crippen LogP contribution in [0.2, 0.25) is 31.2 Å². The molecule has 0 saturated heterocycles. The molecule has 0 fully saturated rings. The minimum atomic E-state index is -2.37. The molecule has 31 heteroatoms. The van der Waals surface area contributed by atoms with Crippen LogP contribution in [0.4, 0.5) is 52.7 Å². The van der Waals surface area contributed by atoms with Crippen LogP contribution in [0.15, 0.2) is 112 Å². The summed E-state index contributed by atoms with van der Waals surface area (Å²) in [6, 6.07) is 14.0. The molecule has 0 amide bonds. The van der Waals surface area contributed by atoms with Crippen LogP contribution in [0.1, 0.15) is 102 Å². The van der Waals surface area contributed by atoms with Gasteiger partial charge in [0.1, 0.15) is 13.8 Å². The molecule has 0 radical (unpaired) electrons. The number of aromatic hydroxyl groups is 1. The highest BCUT2D eigenvalue weighted by molar-refractivity contribution is 14.1. The van der Waals surface area contributed by atoms with Gasteiger partial charge in [0, 0.05) is 25.8 Å². The molecule has 2 aliphatic rings. The van der Waals surface area contributed by atoms with Crippen molar-refractivity contribution in [2.45, 2.75) is 99.5 Å². The van der Waals surface area contributed by atoms with E-state index in [0.717, 1.165) is 42.3 Å². The molecule has 7 aromatic carbocycles. The van der Waals surface area contributed by atoms with E-state index in [1.165, 1.54) is 36.4 Å². The fourth-order valence-electron chi connectivity index (χ4n) is 9.13. The smallest absolute Gasteiger partial charge is 0.340 e. The van der Waals surface area contributed by atoms with Crippen molar-refractivity contribution in [3.63, 3.8) is 0 Å². The number of hydrogen-bond donors (Lipinski definition) is 4.